The average Bonchev–Trinajstić information content (AvgIpc) is 2.42. The molecule has 5 heteroatoms. The lowest BCUT2D eigenvalue weighted by Gasteiger charge is -2.20. The van der Waals surface area contributed by atoms with Crippen LogP contribution in [0.2, 0.25) is 0 Å². The van der Waals surface area contributed by atoms with E-state index in [2.05, 4.69) is 4.90 Å². The first-order valence-corrected chi connectivity index (χ1v) is 6.57. The first-order valence-electron chi connectivity index (χ1n) is 6.57. The Bertz CT molecular complexity index is 347. The second kappa shape index (κ2) is 9.61. The van der Waals surface area contributed by atoms with Crippen molar-refractivity contribution in [3.63, 3.8) is 0 Å². The van der Waals surface area contributed by atoms with Gasteiger partial charge in [0, 0.05) is 26.7 Å². The molecule has 0 radical (unpaired) electrons. The number of ether oxygens (including phenoxy) is 2. The summed E-state index contributed by atoms with van der Waals surface area (Å²) in [4.78, 5) is 2.15. The predicted octanol–water partition coefficient (Wildman–Crippen LogP) is 0.978. The molecule has 0 amide bonds. The first kappa shape index (κ1) is 15.8. The Labute approximate surface area is 114 Å². The average molecular weight is 268 g/mol. The van der Waals surface area contributed by atoms with E-state index in [4.69, 9.17) is 20.3 Å². The molecule has 0 aliphatic rings. The standard InChI is InChI=1S/C14H24N2O3/c1-18-12-9-16(8-10-17)7-4-11-19-14-6-3-2-5-13(14)15/h2-3,5-6,17H,4,7-12,15H2,1H3. The number of para-hydroxylation sites is 2. The normalized spacial score (nSPS) is 10.9. The van der Waals surface area contributed by atoms with Crippen molar-refractivity contribution in [1.82, 2.24) is 4.90 Å². The van der Waals surface area contributed by atoms with Gasteiger partial charge in [0.15, 0.2) is 0 Å². The second-order valence-corrected chi connectivity index (χ2v) is 4.30. The maximum absolute atomic E-state index is 8.98. The van der Waals surface area contributed by atoms with Gasteiger partial charge in [0.05, 0.1) is 25.5 Å². The number of methoxy groups -OCH3 is 1. The predicted molar refractivity (Wildman–Crippen MR) is 76.4 cm³/mol. The van der Waals surface area contributed by atoms with E-state index in [0.717, 1.165) is 25.3 Å². The molecule has 0 aliphatic carbocycles. The van der Waals surface area contributed by atoms with E-state index in [0.29, 0.717) is 25.4 Å². The van der Waals surface area contributed by atoms with Gasteiger partial charge in [0.1, 0.15) is 5.75 Å². The highest BCUT2D eigenvalue weighted by Crippen LogP contribution is 2.19. The van der Waals surface area contributed by atoms with Crippen LogP contribution in [0.1, 0.15) is 6.42 Å². The molecule has 0 bridgehead atoms. The lowest BCUT2D eigenvalue weighted by molar-refractivity contribution is 0.126. The lowest BCUT2D eigenvalue weighted by Crippen LogP contribution is -2.32. The van der Waals surface area contributed by atoms with E-state index < -0.39 is 0 Å². The molecule has 0 heterocycles. The van der Waals surface area contributed by atoms with Crippen molar-refractivity contribution < 1.29 is 14.6 Å². The Morgan fingerprint density at radius 2 is 1.95 bits per heavy atom. The lowest BCUT2D eigenvalue weighted by atomic mass is 10.3. The fourth-order valence-electron chi connectivity index (χ4n) is 1.78. The molecule has 108 valence electrons. The van der Waals surface area contributed by atoms with Crippen LogP contribution in [0.5, 0.6) is 5.75 Å². The molecule has 19 heavy (non-hydrogen) atoms. The van der Waals surface area contributed by atoms with Crippen molar-refractivity contribution in [3.05, 3.63) is 24.3 Å². The number of aliphatic hydroxyl groups excluding tert-OH is 1. The zero-order chi connectivity index (χ0) is 13.9. The Kier molecular flexibility index (Phi) is 7.97. The molecule has 0 fully saturated rings. The molecule has 0 atom stereocenters. The molecule has 1 rings (SSSR count). The highest BCUT2D eigenvalue weighted by Gasteiger charge is 2.04. The summed E-state index contributed by atoms with van der Waals surface area (Å²) in [5.41, 5.74) is 6.45. The maximum atomic E-state index is 8.98. The summed E-state index contributed by atoms with van der Waals surface area (Å²) < 4.78 is 10.7. The molecule has 1 aromatic rings. The van der Waals surface area contributed by atoms with Gasteiger partial charge in [-0.15, -0.1) is 0 Å². The van der Waals surface area contributed by atoms with Gasteiger partial charge in [-0.2, -0.15) is 0 Å². The van der Waals surface area contributed by atoms with Crippen LogP contribution in [0.15, 0.2) is 24.3 Å². The number of benzene rings is 1. The van der Waals surface area contributed by atoms with E-state index in [1.54, 1.807) is 7.11 Å². The van der Waals surface area contributed by atoms with Crippen molar-refractivity contribution in [1.29, 1.82) is 0 Å². The molecular weight excluding hydrogens is 244 g/mol. The molecule has 1 aromatic carbocycles. The highest BCUT2D eigenvalue weighted by atomic mass is 16.5. The third kappa shape index (κ3) is 6.42. The largest absolute Gasteiger partial charge is 0.491 e. The molecule has 0 saturated heterocycles. The number of aliphatic hydroxyl groups is 1. The molecule has 0 aromatic heterocycles. The molecule has 0 saturated carbocycles. The number of anilines is 1. The smallest absolute Gasteiger partial charge is 0.142 e. The van der Waals surface area contributed by atoms with Gasteiger partial charge in [0.25, 0.3) is 0 Å². The summed E-state index contributed by atoms with van der Waals surface area (Å²) >= 11 is 0. The van der Waals surface area contributed by atoms with Crippen molar-refractivity contribution in [2.24, 2.45) is 0 Å². The van der Waals surface area contributed by atoms with Crippen LogP contribution >= 0.6 is 0 Å². The highest BCUT2D eigenvalue weighted by molar-refractivity contribution is 5.51. The minimum atomic E-state index is 0.163. The van der Waals surface area contributed by atoms with Gasteiger partial charge in [-0.25, -0.2) is 0 Å². The van der Waals surface area contributed by atoms with Gasteiger partial charge in [-0.05, 0) is 18.6 Å². The van der Waals surface area contributed by atoms with E-state index in [-0.39, 0.29) is 6.61 Å². The zero-order valence-corrected chi connectivity index (χ0v) is 11.5. The van der Waals surface area contributed by atoms with Crippen LogP contribution in [-0.4, -0.2) is 56.6 Å². The summed E-state index contributed by atoms with van der Waals surface area (Å²) in [6.07, 6.45) is 0.887. The Balaban J connectivity index is 2.22. The maximum Gasteiger partial charge on any atom is 0.142 e. The number of nitrogen functional groups attached to an aromatic ring is 1. The minimum Gasteiger partial charge on any atom is -0.491 e. The van der Waals surface area contributed by atoms with Crippen LogP contribution in [0.25, 0.3) is 0 Å². The minimum absolute atomic E-state index is 0.163. The quantitative estimate of drug-likeness (QED) is 0.489. The summed E-state index contributed by atoms with van der Waals surface area (Å²) in [7, 11) is 1.68. The summed E-state index contributed by atoms with van der Waals surface area (Å²) in [5.74, 6) is 0.730. The first-order chi connectivity index (χ1) is 9.27. The van der Waals surface area contributed by atoms with Gasteiger partial charge < -0.3 is 20.3 Å². The number of nitrogens with two attached hydrogens (primary N) is 1. The van der Waals surface area contributed by atoms with Gasteiger partial charge in [-0.3, -0.25) is 4.90 Å². The number of rotatable bonds is 10. The third-order valence-electron chi connectivity index (χ3n) is 2.82. The van der Waals surface area contributed by atoms with Crippen molar-refractivity contribution in [3.8, 4) is 5.75 Å². The topological polar surface area (TPSA) is 68.0 Å². The molecule has 0 spiro atoms. The molecular formula is C14H24N2O3. The van der Waals surface area contributed by atoms with E-state index in [9.17, 15) is 0 Å². The SMILES string of the molecule is COCCN(CCO)CCCOc1ccccc1N. The molecule has 3 N–H and O–H groups in total. The summed E-state index contributed by atoms with van der Waals surface area (Å²) in [6.45, 7) is 3.81. The fourth-order valence-corrected chi connectivity index (χ4v) is 1.78. The number of nitrogens with zero attached hydrogens (tertiary/aromatic N) is 1. The molecule has 0 aliphatic heterocycles. The second-order valence-electron chi connectivity index (χ2n) is 4.30. The van der Waals surface area contributed by atoms with Crippen LogP contribution < -0.4 is 10.5 Å². The van der Waals surface area contributed by atoms with E-state index in [1.165, 1.54) is 0 Å². The monoisotopic (exact) mass is 268 g/mol. The molecule has 5 nitrogen and oxygen atoms in total. The van der Waals surface area contributed by atoms with Gasteiger partial charge >= 0.3 is 0 Å². The van der Waals surface area contributed by atoms with Crippen LogP contribution in [0.4, 0.5) is 5.69 Å². The van der Waals surface area contributed by atoms with Crippen molar-refractivity contribution in [2.75, 3.05) is 52.3 Å². The molecule has 0 unspecified atom stereocenters. The van der Waals surface area contributed by atoms with E-state index in [1.807, 2.05) is 24.3 Å². The summed E-state index contributed by atoms with van der Waals surface area (Å²) in [6, 6.07) is 7.48. The third-order valence-corrected chi connectivity index (χ3v) is 2.82. The van der Waals surface area contributed by atoms with Crippen LogP contribution in [0.3, 0.4) is 0 Å². The summed E-state index contributed by atoms with van der Waals surface area (Å²) in [5, 5.41) is 8.98. The Morgan fingerprint density at radius 3 is 2.63 bits per heavy atom. The number of hydrogen-bond donors (Lipinski definition) is 2. The van der Waals surface area contributed by atoms with Crippen LogP contribution in [-0.2, 0) is 4.74 Å². The Morgan fingerprint density at radius 1 is 1.16 bits per heavy atom. The van der Waals surface area contributed by atoms with Gasteiger partial charge in [0.2, 0.25) is 0 Å². The Hall–Kier alpha value is -1.30. The zero-order valence-electron chi connectivity index (χ0n) is 11.5. The fraction of sp³-hybridized carbons (Fsp3) is 0.571. The van der Waals surface area contributed by atoms with Gasteiger partial charge in [-0.1, -0.05) is 12.1 Å². The van der Waals surface area contributed by atoms with E-state index >= 15 is 0 Å². The number of hydrogen-bond acceptors (Lipinski definition) is 5. The van der Waals surface area contributed by atoms with Crippen molar-refractivity contribution in [2.45, 2.75) is 6.42 Å². The van der Waals surface area contributed by atoms with Crippen molar-refractivity contribution >= 4 is 5.69 Å². The van der Waals surface area contributed by atoms with Crippen LogP contribution in [0, 0.1) is 0 Å².